The average Bonchev–Trinajstić information content (AvgIpc) is 3.33. The number of anilines is 1. The number of amides is 1. The van der Waals surface area contributed by atoms with Crippen molar-refractivity contribution in [3.63, 3.8) is 0 Å². The van der Waals surface area contributed by atoms with Gasteiger partial charge in [-0.15, -0.1) is 10.2 Å². The first kappa shape index (κ1) is 25.6. The van der Waals surface area contributed by atoms with Crippen LogP contribution in [0.25, 0.3) is 22.5 Å². The van der Waals surface area contributed by atoms with Gasteiger partial charge in [0.2, 0.25) is 6.41 Å². The maximum atomic E-state index is 9.05. The molecule has 0 bridgehead atoms. The highest BCUT2D eigenvalue weighted by Crippen LogP contribution is 2.34. The van der Waals surface area contributed by atoms with E-state index in [1.807, 2.05) is 24.4 Å². The van der Waals surface area contributed by atoms with E-state index in [-0.39, 0.29) is 6.41 Å². The quantitative estimate of drug-likeness (QED) is 0.384. The summed E-state index contributed by atoms with van der Waals surface area (Å²) < 4.78 is 2.25. The van der Waals surface area contributed by atoms with Gasteiger partial charge in [0.1, 0.15) is 11.6 Å². The maximum Gasteiger partial charge on any atom is 0.204 e. The zero-order valence-corrected chi connectivity index (χ0v) is 21.3. The van der Waals surface area contributed by atoms with Crippen molar-refractivity contribution in [3.05, 3.63) is 83.3 Å². The Morgan fingerprint density at radius 1 is 1.11 bits per heavy atom. The van der Waals surface area contributed by atoms with E-state index in [1.54, 1.807) is 0 Å². The van der Waals surface area contributed by atoms with Crippen molar-refractivity contribution in [2.24, 2.45) is 5.73 Å². The van der Waals surface area contributed by atoms with E-state index in [1.165, 1.54) is 11.1 Å². The number of hydrogen-bond donors (Lipinski definition) is 2. The van der Waals surface area contributed by atoms with Crippen LogP contribution < -0.4 is 11.1 Å². The Labute approximate surface area is 217 Å². The molecule has 188 valence electrons. The van der Waals surface area contributed by atoms with E-state index in [0.717, 1.165) is 53.5 Å². The molecule has 8 nitrogen and oxygen atoms in total. The Morgan fingerprint density at radius 2 is 1.84 bits per heavy atom. The number of nitrogens with two attached hydrogens (primary N) is 1. The summed E-state index contributed by atoms with van der Waals surface area (Å²) in [6, 6.07) is 21.1. The fraction of sp³-hybridized carbons (Fsp3) is 0.276. The van der Waals surface area contributed by atoms with Crippen molar-refractivity contribution < 1.29 is 4.79 Å². The fourth-order valence-electron chi connectivity index (χ4n) is 4.66. The van der Waals surface area contributed by atoms with E-state index in [9.17, 15) is 0 Å². The van der Waals surface area contributed by atoms with Crippen LogP contribution in [-0.2, 0) is 17.8 Å². The predicted octanol–water partition coefficient (Wildman–Crippen LogP) is 4.84. The standard InChI is InChI=1S/C28H28N6.CH3NO/c1-18(2)31-26-11-10-24(17-30-26)25-14-23(7-4-19(25)3)28-33-32-27-15-22(12-13-34(27)28)21-8-5-20(16-29)6-9-21;2-1-3/h4-11,14,17-18,22H,12-13,15H2,1-3H3,(H,30,31);1H,(H2,2,3). The number of carbonyl (C=O) groups is 1. The number of nitrogens with zero attached hydrogens (tertiary/aromatic N) is 5. The third-order valence-electron chi connectivity index (χ3n) is 6.48. The van der Waals surface area contributed by atoms with Gasteiger partial charge in [-0.1, -0.05) is 24.3 Å². The molecule has 3 N–H and O–H groups in total. The van der Waals surface area contributed by atoms with Crippen LogP contribution in [0.4, 0.5) is 5.82 Å². The molecule has 0 spiro atoms. The number of primary amides is 1. The highest BCUT2D eigenvalue weighted by Gasteiger charge is 2.25. The number of pyridine rings is 1. The number of fused-ring (bicyclic) bond motifs is 1. The van der Waals surface area contributed by atoms with Crippen molar-refractivity contribution in [1.82, 2.24) is 19.7 Å². The van der Waals surface area contributed by atoms with Gasteiger partial charge in [0.25, 0.3) is 0 Å². The second kappa shape index (κ2) is 11.5. The van der Waals surface area contributed by atoms with E-state index in [2.05, 4.69) is 94.0 Å². The molecule has 2 aromatic heterocycles. The number of nitrogens with one attached hydrogen (secondary N) is 1. The van der Waals surface area contributed by atoms with Crippen molar-refractivity contribution in [1.29, 1.82) is 5.26 Å². The van der Waals surface area contributed by atoms with Crippen molar-refractivity contribution in [3.8, 4) is 28.6 Å². The van der Waals surface area contributed by atoms with Crippen molar-refractivity contribution >= 4 is 12.2 Å². The molecule has 0 fully saturated rings. The Hall–Kier alpha value is -4.51. The molecule has 1 unspecified atom stereocenters. The van der Waals surface area contributed by atoms with E-state index >= 15 is 0 Å². The van der Waals surface area contributed by atoms with Crippen LogP contribution >= 0.6 is 0 Å². The molecule has 2 aromatic carbocycles. The first-order valence-electron chi connectivity index (χ1n) is 12.3. The van der Waals surface area contributed by atoms with Gasteiger partial charge in [0.05, 0.1) is 11.6 Å². The number of aromatic nitrogens is 4. The van der Waals surface area contributed by atoms with Gasteiger partial charge in [-0.05, 0) is 80.1 Å². The minimum atomic E-state index is 0.250. The fourth-order valence-corrected chi connectivity index (χ4v) is 4.66. The summed E-state index contributed by atoms with van der Waals surface area (Å²) in [6.45, 7) is 7.22. The first-order chi connectivity index (χ1) is 17.9. The molecule has 5 rings (SSSR count). The summed E-state index contributed by atoms with van der Waals surface area (Å²) in [7, 11) is 0. The molecule has 3 heterocycles. The van der Waals surface area contributed by atoms with Gasteiger partial charge >= 0.3 is 0 Å². The molecule has 1 aliphatic rings. The smallest absolute Gasteiger partial charge is 0.204 e. The average molecular weight is 494 g/mol. The van der Waals surface area contributed by atoms with Crippen LogP contribution in [0.15, 0.2) is 60.8 Å². The zero-order valence-electron chi connectivity index (χ0n) is 21.3. The van der Waals surface area contributed by atoms with Crippen molar-refractivity contribution in [2.45, 2.75) is 52.1 Å². The van der Waals surface area contributed by atoms with E-state index in [0.29, 0.717) is 17.5 Å². The second-order valence-corrected chi connectivity index (χ2v) is 9.41. The molecule has 4 aromatic rings. The normalized spacial score (nSPS) is 14.2. The third kappa shape index (κ3) is 5.84. The lowest BCUT2D eigenvalue weighted by Gasteiger charge is -2.24. The Balaban J connectivity index is 0.00000102. The lowest BCUT2D eigenvalue weighted by atomic mass is 9.89. The lowest BCUT2D eigenvalue weighted by molar-refractivity contribution is -0.106. The van der Waals surface area contributed by atoms with E-state index in [4.69, 9.17) is 10.1 Å². The molecule has 0 radical (unpaired) electrons. The van der Waals surface area contributed by atoms with Gasteiger partial charge < -0.3 is 15.6 Å². The Morgan fingerprint density at radius 3 is 2.49 bits per heavy atom. The van der Waals surface area contributed by atoms with E-state index < -0.39 is 0 Å². The largest absolute Gasteiger partial charge is 0.372 e. The molecule has 1 aliphatic heterocycles. The molecule has 37 heavy (non-hydrogen) atoms. The van der Waals surface area contributed by atoms with Crippen molar-refractivity contribution in [2.75, 3.05) is 5.32 Å². The molecule has 8 heteroatoms. The van der Waals surface area contributed by atoms with Crippen LogP contribution in [0.1, 0.15) is 48.7 Å². The molecule has 1 atom stereocenters. The number of benzene rings is 2. The molecular weight excluding hydrogens is 462 g/mol. The zero-order chi connectivity index (χ0) is 26.4. The number of nitriles is 1. The monoisotopic (exact) mass is 493 g/mol. The number of carbonyl (C=O) groups excluding carboxylic acids is 1. The highest BCUT2D eigenvalue weighted by atomic mass is 16.1. The van der Waals surface area contributed by atoms with Crippen LogP contribution in [0.2, 0.25) is 0 Å². The molecule has 0 saturated heterocycles. The summed E-state index contributed by atoms with van der Waals surface area (Å²) in [5.74, 6) is 3.22. The van der Waals surface area contributed by atoms with Gasteiger partial charge in [0.15, 0.2) is 5.82 Å². The number of rotatable bonds is 5. The Kier molecular flexibility index (Phi) is 7.94. The minimum absolute atomic E-state index is 0.250. The summed E-state index contributed by atoms with van der Waals surface area (Å²) >= 11 is 0. The summed E-state index contributed by atoms with van der Waals surface area (Å²) in [5, 5.41) is 21.5. The maximum absolute atomic E-state index is 9.05. The molecule has 0 aliphatic carbocycles. The topological polar surface area (TPSA) is 123 Å². The molecular formula is C29H31N7O. The summed E-state index contributed by atoms with van der Waals surface area (Å²) in [4.78, 5) is 13.2. The second-order valence-electron chi connectivity index (χ2n) is 9.41. The van der Waals surface area contributed by atoms with Gasteiger partial charge in [-0.2, -0.15) is 5.26 Å². The highest BCUT2D eigenvalue weighted by molar-refractivity contribution is 5.73. The predicted molar refractivity (Wildman–Crippen MR) is 145 cm³/mol. The first-order valence-corrected chi connectivity index (χ1v) is 12.3. The van der Waals surface area contributed by atoms with Gasteiger partial charge in [-0.25, -0.2) is 4.98 Å². The number of hydrogen-bond acceptors (Lipinski definition) is 6. The minimum Gasteiger partial charge on any atom is -0.372 e. The third-order valence-corrected chi connectivity index (χ3v) is 6.48. The Bertz CT molecular complexity index is 1400. The number of aryl methyl sites for hydroxylation is 1. The molecule has 1 amide bonds. The van der Waals surface area contributed by atoms with Crippen LogP contribution in [0.3, 0.4) is 0 Å². The summed E-state index contributed by atoms with van der Waals surface area (Å²) in [5.41, 5.74) is 10.6. The van der Waals surface area contributed by atoms with Gasteiger partial charge in [0, 0.05) is 36.3 Å². The van der Waals surface area contributed by atoms with Crippen LogP contribution in [-0.4, -0.2) is 32.2 Å². The van der Waals surface area contributed by atoms with Gasteiger partial charge in [-0.3, -0.25) is 4.79 Å². The SMILES string of the molecule is Cc1ccc(-c2nnc3n2CCC(c2ccc(C#N)cc2)C3)cc1-c1ccc(NC(C)C)nc1.NC=O. The summed E-state index contributed by atoms with van der Waals surface area (Å²) in [6.07, 6.45) is 4.06. The molecule has 0 saturated carbocycles. The lowest BCUT2D eigenvalue weighted by Crippen LogP contribution is -2.19. The van der Waals surface area contributed by atoms with Crippen LogP contribution in [0, 0.1) is 18.3 Å². The van der Waals surface area contributed by atoms with Crippen LogP contribution in [0.5, 0.6) is 0 Å².